The van der Waals surface area contributed by atoms with Gasteiger partial charge in [-0.2, -0.15) is 0 Å². The highest BCUT2D eigenvalue weighted by Gasteiger charge is 2.23. The topological polar surface area (TPSA) is 52.7 Å². The lowest BCUT2D eigenvalue weighted by atomic mass is 9.93. The number of nitrogens with one attached hydrogen (secondary N) is 1. The Bertz CT molecular complexity index is 614. The molecule has 2 aliphatic rings. The Morgan fingerprint density at radius 3 is 2.38 bits per heavy atom. The Morgan fingerprint density at radius 2 is 1.65 bits per heavy atom. The third-order valence-electron chi connectivity index (χ3n) is 5.45. The van der Waals surface area contributed by atoms with E-state index in [2.05, 4.69) is 5.32 Å². The van der Waals surface area contributed by atoms with Crippen LogP contribution in [0.25, 0.3) is 0 Å². The first-order chi connectivity index (χ1) is 12.6. The number of hydrogen-bond acceptors (Lipinski definition) is 3. The average Bonchev–Trinajstić information content (AvgIpc) is 2.93. The van der Waals surface area contributed by atoms with E-state index in [0.717, 1.165) is 32.5 Å². The van der Waals surface area contributed by atoms with Crippen LogP contribution in [-0.2, 0) is 4.79 Å². The number of carbonyl (C=O) groups excluding carboxylic acids is 2. The van der Waals surface area contributed by atoms with Gasteiger partial charge in [0.25, 0.3) is 5.91 Å². The third-order valence-corrected chi connectivity index (χ3v) is 5.70. The molecule has 3 rings (SSSR count). The number of benzene rings is 1. The second-order valence-electron chi connectivity index (χ2n) is 7.27. The molecule has 2 fully saturated rings. The number of piperidine rings is 1. The molecular weight excluding hydrogens is 350 g/mol. The maximum atomic E-state index is 12.6. The summed E-state index contributed by atoms with van der Waals surface area (Å²) in [7, 11) is 0. The highest BCUT2D eigenvalue weighted by Crippen LogP contribution is 2.19. The lowest BCUT2D eigenvalue weighted by molar-refractivity contribution is -0.131. The normalized spacial score (nSPS) is 19.3. The Morgan fingerprint density at radius 1 is 1.00 bits per heavy atom. The first-order valence-electron chi connectivity index (χ1n) is 9.67. The van der Waals surface area contributed by atoms with Crippen molar-refractivity contribution in [2.45, 2.75) is 32.1 Å². The SMILES string of the molecule is O=C(CCC1CCNCC1)N1CCCN(C(=O)c2ccc(Cl)cc2)CC1. The minimum absolute atomic E-state index is 0.0191. The quantitative estimate of drug-likeness (QED) is 0.877. The molecule has 1 N–H and O–H groups in total. The molecule has 142 valence electrons. The zero-order valence-electron chi connectivity index (χ0n) is 15.3. The predicted octanol–water partition coefficient (Wildman–Crippen LogP) is 2.79. The fraction of sp³-hybridized carbons (Fsp3) is 0.600. The van der Waals surface area contributed by atoms with Crippen LogP contribution in [0.3, 0.4) is 0 Å². The van der Waals surface area contributed by atoms with Crippen LogP contribution in [0.2, 0.25) is 5.02 Å². The second kappa shape index (κ2) is 9.38. The molecule has 2 saturated heterocycles. The molecule has 0 atom stereocenters. The van der Waals surface area contributed by atoms with E-state index in [1.54, 1.807) is 24.3 Å². The van der Waals surface area contributed by atoms with Crippen LogP contribution >= 0.6 is 11.6 Å². The Hall–Kier alpha value is -1.59. The molecule has 0 radical (unpaired) electrons. The maximum absolute atomic E-state index is 12.6. The molecule has 2 heterocycles. The molecule has 0 unspecified atom stereocenters. The van der Waals surface area contributed by atoms with Crippen LogP contribution in [0.5, 0.6) is 0 Å². The summed E-state index contributed by atoms with van der Waals surface area (Å²) >= 11 is 5.90. The van der Waals surface area contributed by atoms with Crippen LogP contribution in [0, 0.1) is 5.92 Å². The van der Waals surface area contributed by atoms with Crippen molar-refractivity contribution >= 4 is 23.4 Å². The summed E-state index contributed by atoms with van der Waals surface area (Å²) in [5.41, 5.74) is 0.653. The summed E-state index contributed by atoms with van der Waals surface area (Å²) in [4.78, 5) is 29.0. The van der Waals surface area contributed by atoms with Gasteiger partial charge in [-0.3, -0.25) is 9.59 Å². The molecule has 26 heavy (non-hydrogen) atoms. The lowest BCUT2D eigenvalue weighted by Gasteiger charge is -2.25. The second-order valence-corrected chi connectivity index (χ2v) is 7.70. The standard InChI is InChI=1S/C20H28ClN3O2/c21-18-5-3-17(4-6-18)20(26)24-13-1-12-23(14-15-24)19(25)7-2-16-8-10-22-11-9-16/h3-6,16,22H,1-2,7-15H2. The summed E-state index contributed by atoms with van der Waals surface area (Å²) < 4.78 is 0. The van der Waals surface area contributed by atoms with E-state index in [4.69, 9.17) is 11.6 Å². The van der Waals surface area contributed by atoms with E-state index in [1.165, 1.54) is 12.8 Å². The van der Waals surface area contributed by atoms with Gasteiger partial charge in [-0.15, -0.1) is 0 Å². The first-order valence-corrected chi connectivity index (χ1v) is 10.0. The van der Waals surface area contributed by atoms with E-state index >= 15 is 0 Å². The van der Waals surface area contributed by atoms with Crippen molar-refractivity contribution in [3.63, 3.8) is 0 Å². The zero-order chi connectivity index (χ0) is 18.4. The Balaban J connectivity index is 1.48. The van der Waals surface area contributed by atoms with Gasteiger partial charge in [0.05, 0.1) is 0 Å². The number of amides is 2. The van der Waals surface area contributed by atoms with Gasteiger partial charge in [0.15, 0.2) is 0 Å². The third kappa shape index (κ3) is 5.21. The van der Waals surface area contributed by atoms with Crippen LogP contribution in [0.4, 0.5) is 0 Å². The number of carbonyl (C=O) groups is 2. The van der Waals surface area contributed by atoms with Gasteiger partial charge in [0.2, 0.25) is 5.91 Å². The van der Waals surface area contributed by atoms with Gasteiger partial charge < -0.3 is 15.1 Å². The Kier molecular flexibility index (Phi) is 6.92. The van der Waals surface area contributed by atoms with Crippen molar-refractivity contribution in [2.24, 2.45) is 5.92 Å². The molecule has 0 aromatic heterocycles. The average molecular weight is 378 g/mol. The number of nitrogens with zero attached hydrogens (tertiary/aromatic N) is 2. The van der Waals surface area contributed by atoms with Crippen molar-refractivity contribution < 1.29 is 9.59 Å². The summed E-state index contributed by atoms with van der Waals surface area (Å²) in [5, 5.41) is 3.99. The van der Waals surface area contributed by atoms with Crippen molar-refractivity contribution in [1.29, 1.82) is 0 Å². The largest absolute Gasteiger partial charge is 0.341 e. The highest BCUT2D eigenvalue weighted by molar-refractivity contribution is 6.30. The monoisotopic (exact) mass is 377 g/mol. The van der Waals surface area contributed by atoms with Gasteiger partial charge in [-0.1, -0.05) is 11.6 Å². The van der Waals surface area contributed by atoms with Crippen molar-refractivity contribution in [3.8, 4) is 0 Å². The maximum Gasteiger partial charge on any atom is 0.253 e. The summed E-state index contributed by atoms with van der Waals surface area (Å²) in [5.74, 6) is 0.935. The molecule has 1 aromatic carbocycles. The van der Waals surface area contributed by atoms with Crippen molar-refractivity contribution in [1.82, 2.24) is 15.1 Å². The molecule has 0 bridgehead atoms. The van der Waals surface area contributed by atoms with E-state index in [-0.39, 0.29) is 11.8 Å². The van der Waals surface area contributed by atoms with Gasteiger partial charge >= 0.3 is 0 Å². The molecular formula is C20H28ClN3O2. The van der Waals surface area contributed by atoms with E-state index in [0.29, 0.717) is 42.6 Å². The van der Waals surface area contributed by atoms with Gasteiger partial charge in [0, 0.05) is 43.2 Å². The van der Waals surface area contributed by atoms with Crippen LogP contribution in [0.15, 0.2) is 24.3 Å². The van der Waals surface area contributed by atoms with Crippen molar-refractivity contribution in [3.05, 3.63) is 34.9 Å². The van der Waals surface area contributed by atoms with Gasteiger partial charge in [0.1, 0.15) is 0 Å². The summed E-state index contributed by atoms with van der Waals surface area (Å²) in [6, 6.07) is 7.00. The van der Waals surface area contributed by atoms with E-state index < -0.39 is 0 Å². The van der Waals surface area contributed by atoms with Crippen molar-refractivity contribution in [2.75, 3.05) is 39.3 Å². The lowest BCUT2D eigenvalue weighted by Crippen LogP contribution is -2.37. The predicted molar refractivity (Wildman–Crippen MR) is 103 cm³/mol. The van der Waals surface area contributed by atoms with Crippen LogP contribution in [0.1, 0.15) is 42.5 Å². The van der Waals surface area contributed by atoms with Crippen LogP contribution in [-0.4, -0.2) is 60.9 Å². The molecule has 0 spiro atoms. The number of hydrogen-bond donors (Lipinski definition) is 1. The summed E-state index contributed by atoms with van der Waals surface area (Å²) in [6.45, 7) is 4.81. The fourth-order valence-corrected chi connectivity index (χ4v) is 3.93. The molecule has 0 saturated carbocycles. The van der Waals surface area contributed by atoms with Crippen LogP contribution < -0.4 is 5.32 Å². The number of halogens is 1. The van der Waals surface area contributed by atoms with E-state index in [1.807, 2.05) is 9.80 Å². The molecule has 2 amide bonds. The minimum atomic E-state index is 0.0191. The number of rotatable bonds is 4. The molecule has 0 aliphatic carbocycles. The summed E-state index contributed by atoms with van der Waals surface area (Å²) in [6.07, 6.45) is 4.81. The Labute approximate surface area is 160 Å². The minimum Gasteiger partial charge on any atom is -0.341 e. The first kappa shape index (κ1) is 19.2. The van der Waals surface area contributed by atoms with Gasteiger partial charge in [-0.05, 0) is 69.0 Å². The molecule has 6 heteroatoms. The highest BCUT2D eigenvalue weighted by atomic mass is 35.5. The molecule has 5 nitrogen and oxygen atoms in total. The fourth-order valence-electron chi connectivity index (χ4n) is 3.80. The zero-order valence-corrected chi connectivity index (χ0v) is 16.0. The molecule has 1 aromatic rings. The van der Waals surface area contributed by atoms with E-state index in [9.17, 15) is 9.59 Å². The van der Waals surface area contributed by atoms with Gasteiger partial charge in [-0.25, -0.2) is 0 Å². The smallest absolute Gasteiger partial charge is 0.253 e. The molecule has 2 aliphatic heterocycles.